The third kappa shape index (κ3) is 2.27. The first-order chi connectivity index (χ1) is 10.6. The Morgan fingerprint density at radius 2 is 1.77 bits per heavy atom. The standard InChI is InChI=1S/C19H21N3/c1-12-9-17-18(10-13(12)2)22(19(21-17)15-5-6-15)11-14-3-7-16(20)8-4-14/h3-4,7-10,15H,5-6,11,20H2,1-2H3. The van der Waals surface area contributed by atoms with Crippen LogP contribution in [0.2, 0.25) is 0 Å². The van der Waals surface area contributed by atoms with E-state index in [2.05, 4.69) is 42.7 Å². The summed E-state index contributed by atoms with van der Waals surface area (Å²) in [5.74, 6) is 1.89. The van der Waals surface area contributed by atoms with Crippen molar-refractivity contribution in [1.29, 1.82) is 0 Å². The molecule has 0 spiro atoms. The van der Waals surface area contributed by atoms with Crippen LogP contribution in [0.4, 0.5) is 5.69 Å². The Kier molecular flexibility index (Phi) is 2.96. The van der Waals surface area contributed by atoms with Gasteiger partial charge < -0.3 is 10.3 Å². The molecule has 1 aliphatic carbocycles. The van der Waals surface area contributed by atoms with Crippen molar-refractivity contribution in [2.24, 2.45) is 0 Å². The van der Waals surface area contributed by atoms with Gasteiger partial charge in [0, 0.05) is 18.2 Å². The van der Waals surface area contributed by atoms with Crippen LogP contribution in [0.15, 0.2) is 36.4 Å². The number of aryl methyl sites for hydroxylation is 2. The lowest BCUT2D eigenvalue weighted by molar-refractivity contribution is 0.747. The minimum absolute atomic E-state index is 0.641. The molecule has 22 heavy (non-hydrogen) atoms. The number of fused-ring (bicyclic) bond motifs is 1. The molecule has 2 aromatic carbocycles. The highest BCUT2D eigenvalue weighted by molar-refractivity contribution is 5.78. The first-order valence-electron chi connectivity index (χ1n) is 7.93. The number of nitrogens with two attached hydrogens (primary N) is 1. The molecule has 3 aromatic rings. The smallest absolute Gasteiger partial charge is 0.113 e. The number of hydrogen-bond donors (Lipinski definition) is 1. The topological polar surface area (TPSA) is 43.8 Å². The third-order valence-corrected chi connectivity index (χ3v) is 4.66. The highest BCUT2D eigenvalue weighted by Gasteiger charge is 2.29. The lowest BCUT2D eigenvalue weighted by Crippen LogP contribution is -2.04. The van der Waals surface area contributed by atoms with Gasteiger partial charge in [-0.2, -0.15) is 0 Å². The monoisotopic (exact) mass is 291 g/mol. The van der Waals surface area contributed by atoms with Gasteiger partial charge in [-0.15, -0.1) is 0 Å². The van der Waals surface area contributed by atoms with Gasteiger partial charge in [0.05, 0.1) is 11.0 Å². The molecular formula is C19H21N3. The molecule has 3 nitrogen and oxygen atoms in total. The Balaban J connectivity index is 1.84. The van der Waals surface area contributed by atoms with Crippen LogP contribution in [0.1, 0.15) is 41.3 Å². The van der Waals surface area contributed by atoms with Crippen LogP contribution >= 0.6 is 0 Å². The fourth-order valence-electron chi connectivity index (χ4n) is 3.02. The van der Waals surface area contributed by atoms with Gasteiger partial charge in [0.25, 0.3) is 0 Å². The molecule has 4 rings (SSSR count). The summed E-state index contributed by atoms with van der Waals surface area (Å²) >= 11 is 0. The molecule has 0 bridgehead atoms. The number of aromatic nitrogens is 2. The second kappa shape index (κ2) is 4.87. The number of nitrogens with zero attached hydrogens (tertiary/aromatic N) is 2. The van der Waals surface area contributed by atoms with Gasteiger partial charge in [0.2, 0.25) is 0 Å². The van der Waals surface area contributed by atoms with Crippen molar-refractivity contribution in [3.63, 3.8) is 0 Å². The Morgan fingerprint density at radius 1 is 1.09 bits per heavy atom. The van der Waals surface area contributed by atoms with Gasteiger partial charge in [-0.1, -0.05) is 12.1 Å². The predicted octanol–water partition coefficient (Wildman–Crippen LogP) is 4.16. The van der Waals surface area contributed by atoms with Crippen molar-refractivity contribution in [2.75, 3.05) is 5.73 Å². The van der Waals surface area contributed by atoms with Crippen LogP contribution < -0.4 is 5.73 Å². The van der Waals surface area contributed by atoms with Crippen LogP contribution in [0.3, 0.4) is 0 Å². The lowest BCUT2D eigenvalue weighted by Gasteiger charge is -2.10. The SMILES string of the molecule is Cc1cc2nc(C3CC3)n(Cc3ccc(N)cc3)c2cc1C. The molecular weight excluding hydrogens is 270 g/mol. The normalized spacial score (nSPS) is 14.6. The number of nitrogen functional groups attached to an aromatic ring is 1. The molecule has 1 heterocycles. The number of imidazole rings is 1. The quantitative estimate of drug-likeness (QED) is 0.736. The average Bonchev–Trinajstić information content (AvgIpc) is 3.28. The van der Waals surface area contributed by atoms with E-state index in [4.69, 9.17) is 10.7 Å². The van der Waals surface area contributed by atoms with Crippen molar-refractivity contribution in [3.05, 3.63) is 58.9 Å². The maximum Gasteiger partial charge on any atom is 0.113 e. The van der Waals surface area contributed by atoms with Crippen molar-refractivity contribution in [3.8, 4) is 0 Å². The largest absolute Gasteiger partial charge is 0.399 e. The first-order valence-corrected chi connectivity index (χ1v) is 7.93. The highest BCUT2D eigenvalue weighted by atomic mass is 15.1. The molecule has 0 radical (unpaired) electrons. The highest BCUT2D eigenvalue weighted by Crippen LogP contribution is 2.41. The van der Waals surface area contributed by atoms with E-state index in [9.17, 15) is 0 Å². The van der Waals surface area contributed by atoms with Crippen LogP contribution in [0.25, 0.3) is 11.0 Å². The van der Waals surface area contributed by atoms with E-state index in [1.54, 1.807) is 0 Å². The van der Waals surface area contributed by atoms with Crippen molar-refractivity contribution >= 4 is 16.7 Å². The Labute approximate surface area is 130 Å². The molecule has 0 aliphatic heterocycles. The summed E-state index contributed by atoms with van der Waals surface area (Å²) in [6.07, 6.45) is 2.53. The van der Waals surface area contributed by atoms with E-state index in [1.165, 1.54) is 40.9 Å². The zero-order chi connectivity index (χ0) is 15.3. The Hall–Kier alpha value is -2.29. The van der Waals surface area contributed by atoms with E-state index < -0.39 is 0 Å². The number of anilines is 1. The second-order valence-corrected chi connectivity index (χ2v) is 6.50. The predicted molar refractivity (Wildman–Crippen MR) is 91.1 cm³/mol. The summed E-state index contributed by atoms with van der Waals surface area (Å²) < 4.78 is 2.39. The van der Waals surface area contributed by atoms with Crippen LogP contribution in [-0.2, 0) is 6.54 Å². The Bertz CT molecular complexity index is 839. The molecule has 112 valence electrons. The molecule has 1 aliphatic rings. The summed E-state index contributed by atoms with van der Waals surface area (Å²) in [4.78, 5) is 4.93. The van der Waals surface area contributed by atoms with E-state index in [1.807, 2.05) is 12.1 Å². The van der Waals surface area contributed by atoms with Gasteiger partial charge >= 0.3 is 0 Å². The first kappa shape index (κ1) is 13.4. The fraction of sp³-hybridized carbons (Fsp3) is 0.316. The van der Waals surface area contributed by atoms with Crippen molar-refractivity contribution < 1.29 is 0 Å². The zero-order valence-corrected chi connectivity index (χ0v) is 13.1. The summed E-state index contributed by atoms with van der Waals surface area (Å²) in [5, 5.41) is 0. The van der Waals surface area contributed by atoms with Crippen LogP contribution in [0.5, 0.6) is 0 Å². The van der Waals surface area contributed by atoms with E-state index >= 15 is 0 Å². The molecule has 3 heteroatoms. The van der Waals surface area contributed by atoms with Crippen LogP contribution in [0, 0.1) is 13.8 Å². The number of benzene rings is 2. The molecule has 0 unspecified atom stereocenters. The minimum atomic E-state index is 0.641. The third-order valence-electron chi connectivity index (χ3n) is 4.66. The summed E-state index contributed by atoms with van der Waals surface area (Å²) in [6, 6.07) is 12.7. The maximum absolute atomic E-state index is 5.80. The van der Waals surface area contributed by atoms with Gasteiger partial charge in [-0.05, 0) is 67.6 Å². The molecule has 1 saturated carbocycles. The van der Waals surface area contributed by atoms with E-state index in [0.29, 0.717) is 5.92 Å². The van der Waals surface area contributed by atoms with Crippen LogP contribution in [-0.4, -0.2) is 9.55 Å². The zero-order valence-electron chi connectivity index (χ0n) is 13.1. The second-order valence-electron chi connectivity index (χ2n) is 6.50. The lowest BCUT2D eigenvalue weighted by atomic mass is 10.1. The van der Waals surface area contributed by atoms with Gasteiger partial charge in [-0.25, -0.2) is 4.98 Å². The summed E-state index contributed by atoms with van der Waals surface area (Å²) in [6.45, 7) is 5.20. The molecule has 2 N–H and O–H groups in total. The average molecular weight is 291 g/mol. The van der Waals surface area contributed by atoms with Crippen molar-refractivity contribution in [2.45, 2.75) is 39.2 Å². The molecule has 0 saturated heterocycles. The molecule has 1 fully saturated rings. The molecule has 1 aromatic heterocycles. The number of hydrogen-bond acceptors (Lipinski definition) is 2. The fourth-order valence-corrected chi connectivity index (χ4v) is 3.02. The van der Waals surface area contributed by atoms with Gasteiger partial charge in [0.1, 0.15) is 5.82 Å². The maximum atomic E-state index is 5.80. The minimum Gasteiger partial charge on any atom is -0.399 e. The van der Waals surface area contributed by atoms with E-state index in [-0.39, 0.29) is 0 Å². The molecule has 0 amide bonds. The summed E-state index contributed by atoms with van der Waals surface area (Å²) in [5.41, 5.74) is 12.9. The van der Waals surface area contributed by atoms with Crippen molar-refractivity contribution in [1.82, 2.24) is 9.55 Å². The Morgan fingerprint density at radius 3 is 2.45 bits per heavy atom. The van der Waals surface area contributed by atoms with Gasteiger partial charge in [0.15, 0.2) is 0 Å². The van der Waals surface area contributed by atoms with Gasteiger partial charge in [-0.3, -0.25) is 0 Å². The number of rotatable bonds is 3. The molecule has 0 atom stereocenters. The summed E-state index contributed by atoms with van der Waals surface area (Å²) in [7, 11) is 0. The van der Waals surface area contributed by atoms with E-state index in [0.717, 1.165) is 17.7 Å².